The van der Waals surface area contributed by atoms with Crippen LogP contribution in [0.3, 0.4) is 0 Å². The van der Waals surface area contributed by atoms with Gasteiger partial charge in [-0.15, -0.1) is 0 Å². The minimum absolute atomic E-state index is 0.117. The van der Waals surface area contributed by atoms with Gasteiger partial charge in [0.15, 0.2) is 12.2 Å². The van der Waals surface area contributed by atoms with Gasteiger partial charge in [-0.05, 0) is 69.6 Å². The summed E-state index contributed by atoms with van der Waals surface area (Å²) < 4.78 is 24.8. The summed E-state index contributed by atoms with van der Waals surface area (Å²) in [5, 5.41) is 50.9. The van der Waals surface area contributed by atoms with Crippen LogP contribution >= 0.6 is 0 Å². The first-order valence-corrected chi connectivity index (χ1v) is 18.2. The molecule has 0 amide bonds. The SMILES string of the molecule is CC[C@@H](C)C(=O)O[C@H]1[C@H](O)[C@H]2[C@@H](CN3C[C@@H](C)CC[C@H]3[C@@]2(C)O)[C@@H]2C[C@]34O[C@@]5(O)[C@@H](OC(C)=O)CC[C@@]3(C)[C@@H]5C[C@@H](OC(C)=O)[C@H]4[C@@]21O. The van der Waals surface area contributed by atoms with Gasteiger partial charge in [-0.2, -0.15) is 0 Å². The first-order chi connectivity index (χ1) is 22.4. The van der Waals surface area contributed by atoms with E-state index in [0.29, 0.717) is 31.7 Å². The van der Waals surface area contributed by atoms with Gasteiger partial charge in [0.1, 0.15) is 11.7 Å². The summed E-state index contributed by atoms with van der Waals surface area (Å²) in [4.78, 5) is 40.8. The number of carbonyl (C=O) groups excluding carboxylic acids is 3. The highest BCUT2D eigenvalue weighted by molar-refractivity contribution is 5.72. The van der Waals surface area contributed by atoms with Crippen LogP contribution in [0.25, 0.3) is 0 Å². The molecule has 1 spiro atoms. The average molecular weight is 678 g/mol. The highest BCUT2D eigenvalue weighted by Gasteiger charge is 2.87. The van der Waals surface area contributed by atoms with Crippen molar-refractivity contribution in [3.05, 3.63) is 0 Å². The summed E-state index contributed by atoms with van der Waals surface area (Å²) in [7, 11) is 0. The van der Waals surface area contributed by atoms with Gasteiger partial charge in [-0.1, -0.05) is 27.7 Å². The molecule has 0 aromatic carbocycles. The highest BCUT2D eigenvalue weighted by atomic mass is 16.7. The molecule has 4 N–H and O–H groups in total. The molecule has 12 nitrogen and oxygen atoms in total. The van der Waals surface area contributed by atoms with Crippen molar-refractivity contribution in [2.75, 3.05) is 13.1 Å². The maximum absolute atomic E-state index is 13.6. The van der Waals surface area contributed by atoms with Gasteiger partial charge in [0.2, 0.25) is 5.79 Å². The van der Waals surface area contributed by atoms with Crippen LogP contribution < -0.4 is 0 Å². The summed E-state index contributed by atoms with van der Waals surface area (Å²) in [6, 6.07) is -0.216. The maximum Gasteiger partial charge on any atom is 0.309 e. The van der Waals surface area contributed by atoms with E-state index in [0.717, 1.165) is 19.4 Å². The van der Waals surface area contributed by atoms with Crippen molar-refractivity contribution in [1.82, 2.24) is 4.90 Å². The molecule has 17 atom stereocenters. The number of esters is 3. The Morgan fingerprint density at radius 3 is 2.33 bits per heavy atom. The van der Waals surface area contributed by atoms with Crippen molar-refractivity contribution >= 4 is 17.9 Å². The fourth-order valence-corrected chi connectivity index (χ4v) is 12.6. The lowest BCUT2D eigenvalue weighted by atomic mass is 9.49. The number of aliphatic hydroxyl groups is 4. The predicted octanol–water partition coefficient (Wildman–Crippen LogP) is 1.92. The summed E-state index contributed by atoms with van der Waals surface area (Å²) in [6.07, 6.45) is -1.47. The van der Waals surface area contributed by atoms with Crippen molar-refractivity contribution in [3.63, 3.8) is 0 Å². The minimum Gasteiger partial charge on any atom is -0.462 e. The normalized spacial score (nSPS) is 54.2. The molecular weight excluding hydrogens is 622 g/mol. The maximum atomic E-state index is 13.6. The van der Waals surface area contributed by atoms with E-state index in [-0.39, 0.29) is 18.9 Å². The number of piperidine rings is 2. The largest absolute Gasteiger partial charge is 0.462 e. The van der Waals surface area contributed by atoms with Crippen LogP contribution in [0.1, 0.15) is 93.4 Å². The Morgan fingerprint density at radius 1 is 1.00 bits per heavy atom. The molecule has 4 bridgehead atoms. The number of hydrogen-bond acceptors (Lipinski definition) is 12. The second kappa shape index (κ2) is 11.1. The van der Waals surface area contributed by atoms with Gasteiger partial charge in [0.25, 0.3) is 0 Å². The topological polar surface area (TPSA) is 172 Å². The molecule has 0 aromatic heterocycles. The molecule has 4 saturated carbocycles. The van der Waals surface area contributed by atoms with Crippen LogP contribution in [-0.4, -0.2) is 109 Å². The molecule has 0 aromatic rings. The summed E-state index contributed by atoms with van der Waals surface area (Å²) in [6.45, 7) is 13.4. The van der Waals surface area contributed by atoms with E-state index in [2.05, 4.69) is 11.8 Å². The molecule has 3 aliphatic heterocycles. The Bertz CT molecular complexity index is 1360. The van der Waals surface area contributed by atoms with Crippen molar-refractivity contribution in [2.45, 2.75) is 146 Å². The lowest BCUT2D eigenvalue weighted by Crippen LogP contribution is -2.77. The summed E-state index contributed by atoms with van der Waals surface area (Å²) >= 11 is 0. The Labute approximate surface area is 282 Å². The first kappa shape index (κ1) is 34.6. The van der Waals surface area contributed by atoms with Crippen LogP contribution in [-0.2, 0) is 33.3 Å². The Balaban J connectivity index is 1.42. The third-order valence-corrected chi connectivity index (χ3v) is 14.6. The predicted molar refractivity (Wildman–Crippen MR) is 169 cm³/mol. The molecule has 270 valence electrons. The molecule has 3 saturated heterocycles. The molecule has 4 aliphatic carbocycles. The number of ether oxygens (including phenoxy) is 4. The van der Waals surface area contributed by atoms with E-state index >= 15 is 0 Å². The fourth-order valence-electron chi connectivity index (χ4n) is 12.6. The number of nitrogens with zero attached hydrogens (tertiary/aromatic N) is 1. The van der Waals surface area contributed by atoms with Gasteiger partial charge < -0.3 is 39.4 Å². The molecule has 7 aliphatic rings. The first-order valence-electron chi connectivity index (χ1n) is 18.2. The molecule has 7 rings (SSSR count). The molecule has 0 unspecified atom stereocenters. The van der Waals surface area contributed by atoms with Crippen LogP contribution in [0.15, 0.2) is 0 Å². The van der Waals surface area contributed by atoms with E-state index in [9.17, 15) is 34.8 Å². The van der Waals surface area contributed by atoms with E-state index in [1.54, 1.807) is 13.8 Å². The van der Waals surface area contributed by atoms with Crippen LogP contribution in [0.4, 0.5) is 0 Å². The van der Waals surface area contributed by atoms with E-state index in [1.807, 2.05) is 13.8 Å². The van der Waals surface area contributed by atoms with Crippen molar-refractivity contribution < 1.29 is 53.8 Å². The molecular formula is C36H55NO11. The lowest BCUT2D eigenvalue weighted by Gasteiger charge is -2.64. The third-order valence-electron chi connectivity index (χ3n) is 14.6. The zero-order valence-electron chi connectivity index (χ0n) is 29.4. The Hall–Kier alpha value is -1.83. The standard InChI is InChI=1S/C36H55NO11/c1-8-18(3)31(41)47-30-28(40)27-21(16-37-15-17(2)9-10-25(37)33(27,7)42)22-14-34-29(35(22,30)43)23(45-19(4)38)13-24-32(34,6)12-11-26(46-20(5)39)36(24,44)48-34/h17-18,21-30,40,42-44H,8-16H2,1-7H3/t17-,18+,21-,22-,23+,24-,25-,26-,27+,28+,29+,30-,32-,33+,34+,35-,36+/m0/s1. The second-order valence-electron chi connectivity index (χ2n) is 17.1. The van der Waals surface area contributed by atoms with Crippen molar-refractivity contribution in [3.8, 4) is 0 Å². The molecule has 12 heteroatoms. The monoisotopic (exact) mass is 677 g/mol. The Morgan fingerprint density at radius 2 is 1.69 bits per heavy atom. The molecule has 48 heavy (non-hydrogen) atoms. The van der Waals surface area contributed by atoms with Gasteiger partial charge in [-0.25, -0.2) is 0 Å². The summed E-state index contributed by atoms with van der Waals surface area (Å²) in [5.74, 6) is -7.16. The van der Waals surface area contributed by atoms with Crippen molar-refractivity contribution in [1.29, 1.82) is 0 Å². The fraction of sp³-hybridized carbons (Fsp3) is 0.917. The van der Waals surface area contributed by atoms with Crippen LogP contribution in [0, 0.1) is 46.8 Å². The van der Waals surface area contributed by atoms with Crippen LogP contribution in [0.2, 0.25) is 0 Å². The summed E-state index contributed by atoms with van der Waals surface area (Å²) in [5.41, 5.74) is -5.37. The zero-order valence-corrected chi connectivity index (χ0v) is 29.4. The highest BCUT2D eigenvalue weighted by Crippen LogP contribution is 2.77. The lowest BCUT2D eigenvalue weighted by molar-refractivity contribution is -0.300. The van der Waals surface area contributed by atoms with Gasteiger partial charge >= 0.3 is 17.9 Å². The second-order valence-corrected chi connectivity index (χ2v) is 17.1. The Kier molecular flexibility index (Phi) is 7.99. The number of fused-ring (bicyclic) bond motifs is 5. The number of rotatable bonds is 5. The van der Waals surface area contributed by atoms with Crippen LogP contribution in [0.5, 0.6) is 0 Å². The van der Waals surface area contributed by atoms with E-state index in [4.69, 9.17) is 18.9 Å². The van der Waals surface area contributed by atoms with Gasteiger partial charge in [0, 0.05) is 50.2 Å². The van der Waals surface area contributed by atoms with Crippen molar-refractivity contribution in [2.24, 2.45) is 46.8 Å². The third kappa shape index (κ3) is 4.37. The molecule has 3 heterocycles. The van der Waals surface area contributed by atoms with Gasteiger partial charge in [0.05, 0.1) is 29.1 Å². The zero-order chi connectivity index (χ0) is 34.9. The molecule has 7 fully saturated rings. The minimum atomic E-state index is -1.95. The van der Waals surface area contributed by atoms with E-state index in [1.165, 1.54) is 13.8 Å². The quantitative estimate of drug-likeness (QED) is 0.247. The average Bonchev–Trinajstić information content (AvgIpc) is 3.27. The number of aliphatic hydroxyl groups excluding tert-OH is 1. The van der Waals surface area contributed by atoms with Gasteiger partial charge in [-0.3, -0.25) is 19.3 Å². The smallest absolute Gasteiger partial charge is 0.309 e. The van der Waals surface area contributed by atoms with E-state index < -0.39 is 106 Å². The number of carbonyl (C=O) groups is 3. The number of hydrogen-bond donors (Lipinski definition) is 4. The molecule has 0 radical (unpaired) electrons.